The molecule has 1 amide bonds. The molecule has 1 atom stereocenters. The summed E-state index contributed by atoms with van der Waals surface area (Å²) < 4.78 is 14.1. The van der Waals surface area contributed by atoms with Crippen molar-refractivity contribution < 1.29 is 9.18 Å². The summed E-state index contributed by atoms with van der Waals surface area (Å²) in [6.45, 7) is 1.77. The van der Waals surface area contributed by atoms with Gasteiger partial charge in [0.25, 0.3) is 0 Å². The number of anilines is 1. The molecule has 4 aromatic rings. The number of hydrogen-bond acceptors (Lipinski definition) is 6. The molecule has 4 rings (SSSR count). The van der Waals surface area contributed by atoms with Crippen LogP contribution in [0.4, 0.5) is 10.2 Å². The molecule has 10 heteroatoms. The molecule has 0 radical (unpaired) electrons. The first-order valence-corrected chi connectivity index (χ1v) is 11.1. The number of nitrogens with one attached hydrogen (secondary N) is 1. The summed E-state index contributed by atoms with van der Waals surface area (Å²) in [6.07, 6.45) is 2.88. The Kier molecular flexibility index (Phi) is 6.19. The topological polar surface area (TPSA) is 67.8 Å². The van der Waals surface area contributed by atoms with Gasteiger partial charge in [-0.1, -0.05) is 47.1 Å². The van der Waals surface area contributed by atoms with Gasteiger partial charge in [-0.3, -0.25) is 4.79 Å². The fourth-order valence-electron chi connectivity index (χ4n) is 2.62. The number of thiophene rings is 1. The molecule has 0 aliphatic carbocycles. The summed E-state index contributed by atoms with van der Waals surface area (Å²) in [4.78, 5) is 26.3. The molecule has 0 aliphatic heterocycles. The number of halogens is 3. The van der Waals surface area contributed by atoms with Crippen LogP contribution in [0.25, 0.3) is 20.7 Å². The molecule has 1 unspecified atom stereocenters. The maximum atomic E-state index is 13.2. The van der Waals surface area contributed by atoms with Crippen LogP contribution in [0.3, 0.4) is 0 Å². The van der Waals surface area contributed by atoms with E-state index in [0.29, 0.717) is 10.0 Å². The van der Waals surface area contributed by atoms with Gasteiger partial charge >= 0.3 is 0 Å². The molecule has 3 heterocycles. The van der Waals surface area contributed by atoms with E-state index in [1.54, 1.807) is 19.1 Å². The Bertz CT molecular complexity index is 1230. The standard InChI is InChI=1S/C20H13Cl2FN4OS2/c1-10(19(28)27-18-14(22)6-12(21)8-24-18)29-20-17-15(25-9-26-20)7-16(30-17)11-2-4-13(23)5-3-11/h2-10H,1H3,(H,24,27,28). The predicted molar refractivity (Wildman–Crippen MR) is 121 cm³/mol. The van der Waals surface area contributed by atoms with Crippen molar-refractivity contribution in [3.05, 3.63) is 64.8 Å². The van der Waals surface area contributed by atoms with Crippen molar-refractivity contribution in [1.29, 1.82) is 0 Å². The van der Waals surface area contributed by atoms with Gasteiger partial charge in [-0.25, -0.2) is 19.3 Å². The average Bonchev–Trinajstić information content (AvgIpc) is 3.16. The minimum atomic E-state index is -0.465. The van der Waals surface area contributed by atoms with Gasteiger partial charge in [-0.15, -0.1) is 11.3 Å². The molecular weight excluding hydrogens is 466 g/mol. The highest BCUT2D eigenvalue weighted by atomic mass is 35.5. The van der Waals surface area contributed by atoms with Crippen LogP contribution in [0, 0.1) is 5.82 Å². The first kappa shape index (κ1) is 21.0. The van der Waals surface area contributed by atoms with E-state index in [0.717, 1.165) is 20.7 Å². The van der Waals surface area contributed by atoms with Gasteiger partial charge in [0.2, 0.25) is 5.91 Å². The molecule has 1 N–H and O–H groups in total. The zero-order chi connectivity index (χ0) is 21.3. The van der Waals surface area contributed by atoms with Crippen LogP contribution in [0.1, 0.15) is 6.92 Å². The zero-order valence-electron chi connectivity index (χ0n) is 15.4. The van der Waals surface area contributed by atoms with Gasteiger partial charge in [-0.05, 0) is 36.8 Å². The molecule has 3 aromatic heterocycles. The van der Waals surface area contributed by atoms with E-state index in [9.17, 15) is 9.18 Å². The quantitative estimate of drug-likeness (QED) is 0.268. The van der Waals surface area contributed by atoms with Gasteiger partial charge in [0.05, 0.1) is 25.5 Å². The second-order valence-electron chi connectivity index (χ2n) is 6.24. The van der Waals surface area contributed by atoms with Crippen LogP contribution in [-0.4, -0.2) is 26.1 Å². The van der Waals surface area contributed by atoms with E-state index >= 15 is 0 Å². The number of carbonyl (C=O) groups excluding carboxylic acids is 1. The van der Waals surface area contributed by atoms with E-state index in [1.165, 1.54) is 53.8 Å². The van der Waals surface area contributed by atoms with Crippen LogP contribution in [-0.2, 0) is 4.79 Å². The molecule has 152 valence electrons. The molecule has 30 heavy (non-hydrogen) atoms. The third kappa shape index (κ3) is 4.57. The lowest BCUT2D eigenvalue weighted by molar-refractivity contribution is -0.115. The van der Waals surface area contributed by atoms with Crippen molar-refractivity contribution in [2.45, 2.75) is 17.2 Å². The molecule has 5 nitrogen and oxygen atoms in total. The third-order valence-corrected chi connectivity index (χ3v) is 7.02. The second-order valence-corrected chi connectivity index (χ2v) is 9.47. The Morgan fingerprint density at radius 1 is 1.17 bits per heavy atom. The monoisotopic (exact) mass is 478 g/mol. The second kappa shape index (κ2) is 8.85. The van der Waals surface area contributed by atoms with Crippen LogP contribution < -0.4 is 5.32 Å². The van der Waals surface area contributed by atoms with Crippen molar-refractivity contribution in [3.8, 4) is 10.4 Å². The fourth-order valence-corrected chi connectivity index (χ4v) is 5.14. The average molecular weight is 479 g/mol. The van der Waals surface area contributed by atoms with Crippen molar-refractivity contribution in [2.75, 3.05) is 5.32 Å². The minimum Gasteiger partial charge on any atom is -0.308 e. The van der Waals surface area contributed by atoms with Gasteiger partial charge in [0.15, 0.2) is 5.82 Å². The first-order chi connectivity index (χ1) is 14.4. The van der Waals surface area contributed by atoms with Crippen LogP contribution >= 0.6 is 46.3 Å². The molecular formula is C20H13Cl2FN4OS2. The molecule has 0 fully saturated rings. The normalized spacial score (nSPS) is 12.1. The van der Waals surface area contributed by atoms with Gasteiger partial charge in [-0.2, -0.15) is 0 Å². The first-order valence-electron chi connectivity index (χ1n) is 8.70. The maximum Gasteiger partial charge on any atom is 0.238 e. The molecule has 0 spiro atoms. The molecule has 0 aliphatic rings. The van der Waals surface area contributed by atoms with Crippen molar-refractivity contribution in [1.82, 2.24) is 15.0 Å². The van der Waals surface area contributed by atoms with Crippen molar-refractivity contribution >= 4 is 68.2 Å². The lowest BCUT2D eigenvalue weighted by Gasteiger charge is -2.12. The van der Waals surface area contributed by atoms with E-state index < -0.39 is 5.25 Å². The number of thioether (sulfide) groups is 1. The summed E-state index contributed by atoms with van der Waals surface area (Å²) in [5, 5.41) is 3.58. The van der Waals surface area contributed by atoms with E-state index in [2.05, 4.69) is 20.3 Å². The van der Waals surface area contributed by atoms with Gasteiger partial charge in [0, 0.05) is 11.1 Å². The highest BCUT2D eigenvalue weighted by molar-refractivity contribution is 8.00. The minimum absolute atomic E-state index is 0.251. The largest absolute Gasteiger partial charge is 0.308 e. The Morgan fingerprint density at radius 2 is 1.93 bits per heavy atom. The summed E-state index contributed by atoms with van der Waals surface area (Å²) in [7, 11) is 0. The van der Waals surface area contributed by atoms with Crippen molar-refractivity contribution in [2.24, 2.45) is 0 Å². The highest BCUT2D eigenvalue weighted by Crippen LogP contribution is 2.38. The summed E-state index contributed by atoms with van der Waals surface area (Å²) in [5.74, 6) is -0.300. The number of benzene rings is 1. The third-order valence-electron chi connectivity index (χ3n) is 4.11. The lowest BCUT2D eigenvalue weighted by atomic mass is 10.2. The summed E-state index contributed by atoms with van der Waals surface area (Å²) in [6, 6.07) is 9.73. The number of hydrogen-bond donors (Lipinski definition) is 1. The molecule has 0 bridgehead atoms. The van der Waals surface area contributed by atoms with Crippen LogP contribution in [0.5, 0.6) is 0 Å². The highest BCUT2D eigenvalue weighted by Gasteiger charge is 2.20. The molecule has 0 saturated heterocycles. The number of amides is 1. The number of rotatable bonds is 5. The summed E-state index contributed by atoms with van der Waals surface area (Å²) in [5.41, 5.74) is 1.66. The van der Waals surface area contributed by atoms with Gasteiger partial charge in [0.1, 0.15) is 17.2 Å². The van der Waals surface area contributed by atoms with Crippen molar-refractivity contribution in [3.63, 3.8) is 0 Å². The molecule has 0 saturated carbocycles. The van der Waals surface area contributed by atoms with E-state index in [-0.39, 0.29) is 22.6 Å². The number of carbonyl (C=O) groups is 1. The smallest absolute Gasteiger partial charge is 0.238 e. The SMILES string of the molecule is CC(Sc1ncnc2cc(-c3ccc(F)cc3)sc12)C(=O)Nc1ncc(Cl)cc1Cl. The number of fused-ring (bicyclic) bond motifs is 1. The van der Waals surface area contributed by atoms with Crippen LogP contribution in [0.2, 0.25) is 10.0 Å². The Balaban J connectivity index is 1.55. The maximum absolute atomic E-state index is 13.2. The summed E-state index contributed by atoms with van der Waals surface area (Å²) >= 11 is 14.7. The van der Waals surface area contributed by atoms with E-state index in [4.69, 9.17) is 23.2 Å². The Hall–Kier alpha value is -2.26. The Labute approximate surface area is 189 Å². The number of nitrogens with zero attached hydrogens (tertiary/aromatic N) is 3. The van der Waals surface area contributed by atoms with E-state index in [1.807, 2.05) is 6.07 Å². The predicted octanol–water partition coefficient (Wildman–Crippen LogP) is 6.32. The molecule has 1 aromatic carbocycles. The fraction of sp³-hybridized carbons (Fsp3) is 0.100. The lowest BCUT2D eigenvalue weighted by Crippen LogP contribution is -2.23. The number of pyridine rings is 1. The number of aromatic nitrogens is 3. The van der Waals surface area contributed by atoms with Crippen LogP contribution in [0.15, 0.2) is 53.9 Å². The zero-order valence-corrected chi connectivity index (χ0v) is 18.5. The van der Waals surface area contributed by atoms with Gasteiger partial charge < -0.3 is 5.32 Å². The Morgan fingerprint density at radius 3 is 2.67 bits per heavy atom.